The van der Waals surface area contributed by atoms with Crippen LogP contribution >= 0.6 is 0 Å². The van der Waals surface area contributed by atoms with Gasteiger partial charge < -0.3 is 6.16 Å². The standard InChI is InChI=1S/C4H6O.Na.H2O4S.H/c1-3-5-4-2;;1-5(2,3)4;/h3-4H,1-2H2;;(H2,1,2,3,4);/q;+1;;-1. The van der Waals surface area contributed by atoms with E-state index in [9.17, 15) is 0 Å². The first-order valence-corrected chi connectivity index (χ1v) is 3.38. The Labute approximate surface area is 89.1 Å². The van der Waals surface area contributed by atoms with Gasteiger partial charge in [0.1, 0.15) is 0 Å². The summed E-state index contributed by atoms with van der Waals surface area (Å²) in [6, 6.07) is 0. The molecule has 0 fully saturated rings. The van der Waals surface area contributed by atoms with E-state index < -0.39 is 10.4 Å². The Bertz CT molecular complexity index is 176. The van der Waals surface area contributed by atoms with Gasteiger partial charge >= 0.3 is 40.0 Å². The summed E-state index contributed by atoms with van der Waals surface area (Å²) in [5.41, 5.74) is 0. The second kappa shape index (κ2) is 10.2. The van der Waals surface area contributed by atoms with Crippen molar-refractivity contribution in [3.63, 3.8) is 0 Å². The third kappa shape index (κ3) is 146. The molecule has 0 unspecified atom stereocenters. The van der Waals surface area contributed by atoms with E-state index in [2.05, 4.69) is 17.9 Å². The molecule has 0 radical (unpaired) electrons. The maximum absolute atomic E-state index is 8.74. The fraction of sp³-hybridized carbons (Fsp3) is 0. The molecule has 0 saturated heterocycles. The molecule has 0 saturated carbocycles. The van der Waals surface area contributed by atoms with Gasteiger partial charge in [0.05, 0.1) is 12.5 Å². The van der Waals surface area contributed by atoms with E-state index in [4.69, 9.17) is 17.5 Å². The molecule has 0 atom stereocenters. The summed E-state index contributed by atoms with van der Waals surface area (Å²) >= 11 is 0. The monoisotopic (exact) mass is 192 g/mol. The van der Waals surface area contributed by atoms with Crippen LogP contribution in [0.5, 0.6) is 0 Å². The minimum Gasteiger partial charge on any atom is -1.00 e. The molecule has 62 valence electrons. The zero-order chi connectivity index (χ0) is 8.62. The predicted octanol–water partition coefficient (Wildman–Crippen LogP) is -2.25. The van der Waals surface area contributed by atoms with Crippen LogP contribution in [0.15, 0.2) is 25.7 Å². The molecule has 0 spiro atoms. The second-order valence-electron chi connectivity index (χ2n) is 0.917. The SMILES string of the molecule is C=COC=C.O=S(=O)(O)O.[H-].[Na+]. The van der Waals surface area contributed by atoms with Crippen molar-refractivity contribution in [2.24, 2.45) is 0 Å². The van der Waals surface area contributed by atoms with Gasteiger partial charge in [0.25, 0.3) is 0 Å². The average Bonchev–Trinajstić information content (AvgIpc) is 1.63. The van der Waals surface area contributed by atoms with E-state index in [-0.39, 0.29) is 31.0 Å². The molecule has 0 rings (SSSR count). The van der Waals surface area contributed by atoms with Crippen LogP contribution in [0.3, 0.4) is 0 Å². The van der Waals surface area contributed by atoms with Gasteiger partial charge in [-0.1, -0.05) is 13.2 Å². The Kier molecular flexibility index (Phi) is 16.0. The molecule has 0 heterocycles. The van der Waals surface area contributed by atoms with Gasteiger partial charge in [-0.05, 0) is 0 Å². The van der Waals surface area contributed by atoms with Gasteiger partial charge in [0, 0.05) is 0 Å². The smallest absolute Gasteiger partial charge is 1.00 e. The van der Waals surface area contributed by atoms with E-state index in [1.54, 1.807) is 0 Å². The molecule has 0 aliphatic rings. The topological polar surface area (TPSA) is 83.8 Å². The first-order chi connectivity index (χ1) is 4.41. The van der Waals surface area contributed by atoms with Crippen molar-refractivity contribution in [1.82, 2.24) is 0 Å². The Balaban J connectivity index is -0.0000000457. The molecule has 0 aromatic heterocycles. The molecule has 0 aliphatic heterocycles. The van der Waals surface area contributed by atoms with Crippen LogP contribution in [0.1, 0.15) is 1.43 Å². The third-order valence-electron chi connectivity index (χ3n) is 0.192. The number of hydrogen-bond donors (Lipinski definition) is 2. The summed E-state index contributed by atoms with van der Waals surface area (Å²) in [6.45, 7) is 6.51. The Morgan fingerprint density at radius 3 is 1.45 bits per heavy atom. The van der Waals surface area contributed by atoms with E-state index in [1.807, 2.05) is 0 Å². The molecule has 0 aliphatic carbocycles. The summed E-state index contributed by atoms with van der Waals surface area (Å²) in [7, 11) is -4.67. The van der Waals surface area contributed by atoms with Crippen LogP contribution in [0, 0.1) is 0 Å². The van der Waals surface area contributed by atoms with E-state index in [0.29, 0.717) is 0 Å². The molecule has 0 aromatic carbocycles. The van der Waals surface area contributed by atoms with Crippen LogP contribution in [0.25, 0.3) is 0 Å². The maximum Gasteiger partial charge on any atom is 1.00 e. The maximum atomic E-state index is 8.74. The summed E-state index contributed by atoms with van der Waals surface area (Å²) < 4.78 is 35.9. The Hall–Kier alpha value is 0.150. The van der Waals surface area contributed by atoms with Crippen molar-refractivity contribution in [2.75, 3.05) is 0 Å². The molecule has 0 amide bonds. The van der Waals surface area contributed by atoms with Gasteiger partial charge in [0.15, 0.2) is 0 Å². The molecular weight excluding hydrogens is 183 g/mol. The molecule has 7 heteroatoms. The molecular formula is C4H9NaO5S. The second-order valence-corrected chi connectivity index (χ2v) is 1.81. The fourth-order valence-corrected chi connectivity index (χ4v) is 0.0680. The minimum atomic E-state index is -4.67. The van der Waals surface area contributed by atoms with E-state index in [1.165, 1.54) is 12.5 Å². The number of rotatable bonds is 2. The van der Waals surface area contributed by atoms with Gasteiger partial charge in [-0.25, -0.2) is 0 Å². The van der Waals surface area contributed by atoms with Crippen LogP contribution in [0.4, 0.5) is 0 Å². The zero-order valence-electron chi connectivity index (χ0n) is 7.10. The van der Waals surface area contributed by atoms with Crippen molar-refractivity contribution < 1.29 is 53.2 Å². The average molecular weight is 192 g/mol. The summed E-state index contributed by atoms with van der Waals surface area (Å²) in [6.07, 6.45) is 2.62. The van der Waals surface area contributed by atoms with Crippen LogP contribution < -0.4 is 29.6 Å². The van der Waals surface area contributed by atoms with Crippen molar-refractivity contribution in [2.45, 2.75) is 0 Å². The predicted molar refractivity (Wildman–Crippen MR) is 36.8 cm³/mol. The van der Waals surface area contributed by atoms with E-state index >= 15 is 0 Å². The first kappa shape index (κ1) is 17.3. The number of ether oxygens (including phenoxy) is 1. The van der Waals surface area contributed by atoms with Crippen molar-refractivity contribution in [3.05, 3.63) is 25.7 Å². The first-order valence-electron chi connectivity index (χ1n) is 1.99. The third-order valence-corrected chi connectivity index (χ3v) is 0.192. The van der Waals surface area contributed by atoms with Gasteiger partial charge in [-0.2, -0.15) is 8.42 Å². The van der Waals surface area contributed by atoms with E-state index in [0.717, 1.165) is 0 Å². The summed E-state index contributed by atoms with van der Waals surface area (Å²) in [5.74, 6) is 0. The van der Waals surface area contributed by atoms with Gasteiger partial charge in [-0.15, -0.1) is 0 Å². The minimum absolute atomic E-state index is 0. The molecule has 5 nitrogen and oxygen atoms in total. The van der Waals surface area contributed by atoms with Crippen molar-refractivity contribution in [1.29, 1.82) is 0 Å². The quantitative estimate of drug-likeness (QED) is 0.293. The van der Waals surface area contributed by atoms with Crippen molar-refractivity contribution in [3.8, 4) is 0 Å². The van der Waals surface area contributed by atoms with Crippen LogP contribution in [-0.2, 0) is 15.1 Å². The Morgan fingerprint density at radius 1 is 1.27 bits per heavy atom. The number of hydrogen-bond acceptors (Lipinski definition) is 3. The molecule has 2 N–H and O–H groups in total. The molecule has 0 bridgehead atoms. The molecule has 0 aromatic rings. The normalized spacial score (nSPS) is 7.82. The van der Waals surface area contributed by atoms with Gasteiger partial charge in [0.2, 0.25) is 0 Å². The Morgan fingerprint density at radius 2 is 1.45 bits per heavy atom. The zero-order valence-corrected chi connectivity index (χ0v) is 8.91. The van der Waals surface area contributed by atoms with Crippen molar-refractivity contribution >= 4 is 10.4 Å². The van der Waals surface area contributed by atoms with Crippen LogP contribution in [-0.4, -0.2) is 17.5 Å². The molecule has 11 heavy (non-hydrogen) atoms. The summed E-state index contributed by atoms with van der Waals surface area (Å²) in [4.78, 5) is 0. The fourth-order valence-electron chi connectivity index (χ4n) is 0.0680. The van der Waals surface area contributed by atoms with Crippen LogP contribution in [0.2, 0.25) is 0 Å². The largest absolute Gasteiger partial charge is 1.00 e. The summed E-state index contributed by atoms with van der Waals surface area (Å²) in [5, 5.41) is 0. The van der Waals surface area contributed by atoms with Gasteiger partial charge in [-0.3, -0.25) is 9.11 Å².